The summed E-state index contributed by atoms with van der Waals surface area (Å²) in [5.41, 5.74) is 0.489. The minimum Gasteiger partial charge on any atom is -0.508 e. The SMILES string of the molecule is CSCC(C)NC(=O)c1cccc(O)c1. The van der Waals surface area contributed by atoms with Gasteiger partial charge in [0.2, 0.25) is 0 Å². The van der Waals surface area contributed by atoms with Gasteiger partial charge in [-0.2, -0.15) is 11.8 Å². The van der Waals surface area contributed by atoms with Gasteiger partial charge in [0, 0.05) is 17.4 Å². The largest absolute Gasteiger partial charge is 0.508 e. The second-order valence-corrected chi connectivity index (χ2v) is 4.29. The molecule has 0 bridgehead atoms. The summed E-state index contributed by atoms with van der Waals surface area (Å²) in [5.74, 6) is 0.845. The molecule has 0 aliphatic carbocycles. The zero-order valence-electron chi connectivity index (χ0n) is 8.86. The Morgan fingerprint density at radius 3 is 2.93 bits per heavy atom. The molecule has 1 aromatic carbocycles. The van der Waals surface area contributed by atoms with E-state index >= 15 is 0 Å². The number of amides is 1. The summed E-state index contributed by atoms with van der Waals surface area (Å²) in [6.45, 7) is 1.96. The predicted octanol–water partition coefficient (Wildman–Crippen LogP) is 1.87. The van der Waals surface area contributed by atoms with Gasteiger partial charge in [0.15, 0.2) is 0 Å². The minimum absolute atomic E-state index is 0.111. The number of carbonyl (C=O) groups is 1. The second kappa shape index (κ2) is 5.66. The summed E-state index contributed by atoms with van der Waals surface area (Å²) in [6, 6.07) is 6.47. The van der Waals surface area contributed by atoms with Crippen LogP contribution in [0.15, 0.2) is 24.3 Å². The van der Waals surface area contributed by atoms with Gasteiger partial charge in [-0.25, -0.2) is 0 Å². The summed E-state index contributed by atoms with van der Waals surface area (Å²) >= 11 is 1.69. The molecule has 0 aliphatic heterocycles. The van der Waals surface area contributed by atoms with E-state index in [0.29, 0.717) is 5.56 Å². The summed E-state index contributed by atoms with van der Waals surface area (Å²) in [4.78, 5) is 11.7. The van der Waals surface area contributed by atoms with E-state index in [2.05, 4.69) is 5.32 Å². The van der Waals surface area contributed by atoms with Crippen molar-refractivity contribution in [2.24, 2.45) is 0 Å². The molecule has 0 saturated heterocycles. The summed E-state index contributed by atoms with van der Waals surface area (Å²) in [6.07, 6.45) is 2.00. The minimum atomic E-state index is -0.146. The fourth-order valence-corrected chi connectivity index (χ4v) is 1.83. The van der Waals surface area contributed by atoms with Crippen LogP contribution in [-0.2, 0) is 0 Å². The smallest absolute Gasteiger partial charge is 0.251 e. The van der Waals surface area contributed by atoms with Crippen molar-refractivity contribution in [2.75, 3.05) is 12.0 Å². The van der Waals surface area contributed by atoms with Gasteiger partial charge >= 0.3 is 0 Å². The molecule has 82 valence electrons. The molecule has 1 unspecified atom stereocenters. The van der Waals surface area contributed by atoms with Crippen LogP contribution < -0.4 is 5.32 Å². The number of phenols is 1. The van der Waals surface area contributed by atoms with E-state index < -0.39 is 0 Å². The van der Waals surface area contributed by atoms with E-state index in [1.165, 1.54) is 6.07 Å². The Bertz CT molecular complexity index is 341. The molecule has 1 atom stereocenters. The molecule has 0 aliphatic rings. The Morgan fingerprint density at radius 2 is 2.33 bits per heavy atom. The first kappa shape index (κ1) is 11.9. The normalized spacial score (nSPS) is 12.1. The Morgan fingerprint density at radius 1 is 1.60 bits per heavy atom. The van der Waals surface area contributed by atoms with Crippen LogP contribution in [-0.4, -0.2) is 29.1 Å². The lowest BCUT2D eigenvalue weighted by molar-refractivity contribution is 0.0943. The lowest BCUT2D eigenvalue weighted by Gasteiger charge is -2.12. The van der Waals surface area contributed by atoms with Gasteiger partial charge in [-0.1, -0.05) is 6.07 Å². The monoisotopic (exact) mass is 225 g/mol. The zero-order chi connectivity index (χ0) is 11.3. The summed E-state index contributed by atoms with van der Waals surface area (Å²) in [5, 5.41) is 12.1. The first-order valence-corrected chi connectivity index (χ1v) is 6.11. The molecule has 0 aromatic heterocycles. The van der Waals surface area contributed by atoms with Gasteiger partial charge in [-0.15, -0.1) is 0 Å². The number of benzene rings is 1. The standard InChI is InChI=1S/C11H15NO2S/c1-8(7-15-2)12-11(14)9-4-3-5-10(13)6-9/h3-6,8,13H,7H2,1-2H3,(H,12,14). The molecule has 0 heterocycles. The third-order valence-electron chi connectivity index (χ3n) is 1.90. The maximum Gasteiger partial charge on any atom is 0.251 e. The third-order valence-corrected chi connectivity index (χ3v) is 2.74. The molecule has 0 spiro atoms. The van der Waals surface area contributed by atoms with Crippen LogP contribution in [0.1, 0.15) is 17.3 Å². The highest BCUT2D eigenvalue weighted by molar-refractivity contribution is 7.98. The van der Waals surface area contributed by atoms with Gasteiger partial charge in [0.05, 0.1) is 0 Å². The van der Waals surface area contributed by atoms with Crippen LogP contribution in [0.5, 0.6) is 5.75 Å². The van der Waals surface area contributed by atoms with Gasteiger partial charge < -0.3 is 10.4 Å². The topological polar surface area (TPSA) is 49.3 Å². The van der Waals surface area contributed by atoms with Crippen molar-refractivity contribution < 1.29 is 9.90 Å². The molecular weight excluding hydrogens is 210 g/mol. The van der Waals surface area contributed by atoms with Crippen molar-refractivity contribution in [1.29, 1.82) is 0 Å². The first-order chi connectivity index (χ1) is 7.13. The van der Waals surface area contributed by atoms with Crippen LogP contribution in [0.25, 0.3) is 0 Å². The molecule has 2 N–H and O–H groups in total. The number of rotatable bonds is 4. The molecule has 15 heavy (non-hydrogen) atoms. The van der Waals surface area contributed by atoms with Crippen molar-refractivity contribution in [3.63, 3.8) is 0 Å². The number of hydrogen-bond acceptors (Lipinski definition) is 3. The Kier molecular flexibility index (Phi) is 4.49. The van der Waals surface area contributed by atoms with Gasteiger partial charge in [0.25, 0.3) is 5.91 Å². The van der Waals surface area contributed by atoms with E-state index in [9.17, 15) is 9.90 Å². The van der Waals surface area contributed by atoms with Crippen LogP contribution in [0.3, 0.4) is 0 Å². The quantitative estimate of drug-likeness (QED) is 0.822. The average molecular weight is 225 g/mol. The van der Waals surface area contributed by atoms with E-state index in [4.69, 9.17) is 0 Å². The van der Waals surface area contributed by atoms with Crippen molar-refractivity contribution >= 4 is 17.7 Å². The molecule has 4 heteroatoms. The van der Waals surface area contributed by atoms with Crippen molar-refractivity contribution in [3.8, 4) is 5.75 Å². The number of aromatic hydroxyl groups is 1. The molecule has 1 amide bonds. The van der Waals surface area contributed by atoms with Gasteiger partial charge in [-0.05, 0) is 31.4 Å². The first-order valence-electron chi connectivity index (χ1n) is 4.72. The number of carbonyl (C=O) groups excluding carboxylic acids is 1. The van der Waals surface area contributed by atoms with Crippen LogP contribution in [0, 0.1) is 0 Å². The van der Waals surface area contributed by atoms with Crippen molar-refractivity contribution in [1.82, 2.24) is 5.32 Å². The fourth-order valence-electron chi connectivity index (χ4n) is 1.25. The predicted molar refractivity (Wildman–Crippen MR) is 63.4 cm³/mol. The second-order valence-electron chi connectivity index (χ2n) is 3.38. The maximum absolute atomic E-state index is 11.7. The van der Waals surface area contributed by atoms with Gasteiger partial charge in [-0.3, -0.25) is 4.79 Å². The molecule has 0 saturated carbocycles. The molecule has 1 rings (SSSR count). The molecule has 0 radical (unpaired) electrons. The maximum atomic E-state index is 11.7. The fraction of sp³-hybridized carbons (Fsp3) is 0.364. The lowest BCUT2D eigenvalue weighted by atomic mass is 10.2. The number of thioether (sulfide) groups is 1. The average Bonchev–Trinajstić information content (AvgIpc) is 2.18. The molecule has 0 fully saturated rings. The molecule has 1 aromatic rings. The van der Waals surface area contributed by atoms with Crippen LogP contribution in [0.4, 0.5) is 0 Å². The van der Waals surface area contributed by atoms with E-state index in [1.54, 1.807) is 30.0 Å². The summed E-state index contributed by atoms with van der Waals surface area (Å²) in [7, 11) is 0. The number of hydrogen-bond donors (Lipinski definition) is 2. The molecule has 3 nitrogen and oxygen atoms in total. The number of nitrogens with one attached hydrogen (secondary N) is 1. The van der Waals surface area contributed by atoms with Crippen LogP contribution >= 0.6 is 11.8 Å². The van der Waals surface area contributed by atoms with Crippen molar-refractivity contribution in [2.45, 2.75) is 13.0 Å². The highest BCUT2D eigenvalue weighted by atomic mass is 32.2. The zero-order valence-corrected chi connectivity index (χ0v) is 9.67. The Hall–Kier alpha value is -1.16. The van der Waals surface area contributed by atoms with Gasteiger partial charge in [0.1, 0.15) is 5.75 Å². The highest BCUT2D eigenvalue weighted by Gasteiger charge is 2.09. The Balaban J connectivity index is 2.61. The Labute approximate surface area is 93.9 Å². The summed E-state index contributed by atoms with van der Waals surface area (Å²) < 4.78 is 0. The molecular formula is C11H15NO2S. The third kappa shape index (κ3) is 3.83. The number of phenolic OH excluding ortho intramolecular Hbond substituents is 1. The van der Waals surface area contributed by atoms with Crippen LogP contribution in [0.2, 0.25) is 0 Å². The highest BCUT2D eigenvalue weighted by Crippen LogP contribution is 2.10. The van der Waals surface area contributed by atoms with E-state index in [0.717, 1.165) is 5.75 Å². The van der Waals surface area contributed by atoms with Crippen molar-refractivity contribution in [3.05, 3.63) is 29.8 Å². The van der Waals surface area contributed by atoms with E-state index in [1.807, 2.05) is 13.2 Å². The van der Waals surface area contributed by atoms with E-state index in [-0.39, 0.29) is 17.7 Å². The lowest BCUT2D eigenvalue weighted by Crippen LogP contribution is -2.34.